The first-order valence-electron chi connectivity index (χ1n) is 11.0. The van der Waals surface area contributed by atoms with Gasteiger partial charge in [0.05, 0.1) is 11.1 Å². The Hall–Kier alpha value is -3.07. The number of carbonyl (C=O) groups is 5. The zero-order valence-corrected chi connectivity index (χ0v) is 18.1. The molecule has 5 amide bonds. The van der Waals surface area contributed by atoms with Gasteiger partial charge >= 0.3 is 0 Å². The van der Waals surface area contributed by atoms with Gasteiger partial charge in [0, 0.05) is 39.1 Å². The van der Waals surface area contributed by atoms with E-state index in [0.29, 0.717) is 38.2 Å². The molecule has 1 unspecified atom stereocenters. The number of nitrogens with zero attached hydrogens (tertiary/aromatic N) is 2. The third-order valence-electron chi connectivity index (χ3n) is 6.44. The van der Waals surface area contributed by atoms with Crippen molar-refractivity contribution in [1.82, 2.24) is 15.1 Å². The number of hydrogen-bond donors (Lipinski definition) is 1. The number of hydrogen-bond acceptors (Lipinski definition) is 6. The molecule has 0 bridgehead atoms. The molecule has 1 aromatic carbocycles. The third-order valence-corrected chi connectivity index (χ3v) is 6.44. The van der Waals surface area contributed by atoms with Gasteiger partial charge in [-0.2, -0.15) is 0 Å². The Kier molecular flexibility index (Phi) is 6.36. The van der Waals surface area contributed by atoms with Crippen molar-refractivity contribution in [2.75, 3.05) is 26.8 Å². The Balaban J connectivity index is 1.42. The molecule has 1 atom stereocenters. The third kappa shape index (κ3) is 4.17. The fraction of sp³-hybridized carbons (Fsp3) is 0.522. The summed E-state index contributed by atoms with van der Waals surface area (Å²) in [4.78, 5) is 65.0. The van der Waals surface area contributed by atoms with E-state index in [1.54, 1.807) is 30.1 Å². The van der Waals surface area contributed by atoms with Crippen LogP contribution in [0.1, 0.15) is 58.4 Å². The molecule has 0 saturated carbocycles. The fourth-order valence-electron chi connectivity index (χ4n) is 4.67. The second-order valence-electron chi connectivity index (χ2n) is 8.54. The topological polar surface area (TPSA) is 113 Å². The lowest BCUT2D eigenvalue weighted by molar-refractivity contribution is -0.137. The van der Waals surface area contributed by atoms with Gasteiger partial charge in [0.25, 0.3) is 11.8 Å². The maximum absolute atomic E-state index is 13.1. The van der Waals surface area contributed by atoms with E-state index in [2.05, 4.69) is 5.32 Å². The Labute approximate surface area is 186 Å². The van der Waals surface area contributed by atoms with Gasteiger partial charge in [-0.05, 0) is 43.7 Å². The normalized spacial score (nSPS) is 21.5. The summed E-state index contributed by atoms with van der Waals surface area (Å²) in [5.41, 5.74) is 1.33. The van der Waals surface area contributed by atoms with Crippen molar-refractivity contribution < 1.29 is 28.7 Å². The quantitative estimate of drug-likeness (QED) is 0.657. The maximum atomic E-state index is 13.1. The fourth-order valence-corrected chi connectivity index (χ4v) is 4.67. The minimum atomic E-state index is -0.976. The molecule has 0 aromatic heterocycles. The van der Waals surface area contributed by atoms with Gasteiger partial charge in [0.1, 0.15) is 6.04 Å². The van der Waals surface area contributed by atoms with E-state index < -0.39 is 29.7 Å². The summed E-state index contributed by atoms with van der Waals surface area (Å²) in [6, 6.07) is 4.14. The molecule has 3 aliphatic heterocycles. The number of ether oxygens (including phenoxy) is 1. The summed E-state index contributed by atoms with van der Waals surface area (Å²) < 4.78 is 5.32. The van der Waals surface area contributed by atoms with Crippen LogP contribution >= 0.6 is 0 Å². The van der Waals surface area contributed by atoms with Crippen molar-refractivity contribution in [2.45, 2.75) is 44.6 Å². The van der Waals surface area contributed by atoms with Crippen molar-refractivity contribution >= 4 is 29.5 Å². The molecule has 2 fully saturated rings. The average Bonchev–Trinajstić information content (AvgIpc) is 3.05. The van der Waals surface area contributed by atoms with Crippen LogP contribution in [0.4, 0.5) is 0 Å². The highest BCUT2D eigenvalue weighted by Gasteiger charge is 2.45. The van der Waals surface area contributed by atoms with E-state index in [-0.39, 0.29) is 30.2 Å². The second-order valence-corrected chi connectivity index (χ2v) is 8.54. The van der Waals surface area contributed by atoms with Gasteiger partial charge in [0.2, 0.25) is 17.7 Å². The van der Waals surface area contributed by atoms with Gasteiger partial charge in [-0.3, -0.25) is 34.2 Å². The van der Waals surface area contributed by atoms with Crippen molar-refractivity contribution in [3.8, 4) is 0 Å². The van der Waals surface area contributed by atoms with Gasteiger partial charge in [-0.15, -0.1) is 0 Å². The molecule has 4 rings (SSSR count). The molecular formula is C23H27N3O6. The molecule has 1 N–H and O–H groups in total. The number of imide groups is 2. The number of fused-ring (bicyclic) bond motifs is 1. The van der Waals surface area contributed by atoms with Gasteiger partial charge in [-0.25, -0.2) is 0 Å². The number of nitrogens with one attached hydrogen (secondary N) is 1. The lowest BCUT2D eigenvalue weighted by Crippen LogP contribution is -2.54. The second kappa shape index (κ2) is 9.20. The molecular weight excluding hydrogens is 414 g/mol. The molecule has 2 saturated heterocycles. The Morgan fingerprint density at radius 1 is 1.12 bits per heavy atom. The van der Waals surface area contributed by atoms with Crippen LogP contribution in [0.3, 0.4) is 0 Å². The Morgan fingerprint density at radius 3 is 2.59 bits per heavy atom. The van der Waals surface area contributed by atoms with E-state index in [9.17, 15) is 24.0 Å². The summed E-state index contributed by atoms with van der Waals surface area (Å²) in [5, 5.41) is 2.20. The van der Waals surface area contributed by atoms with Crippen LogP contribution in [0.25, 0.3) is 0 Å². The van der Waals surface area contributed by atoms with E-state index in [4.69, 9.17) is 4.74 Å². The first-order chi connectivity index (χ1) is 15.4. The molecule has 170 valence electrons. The lowest BCUT2D eigenvalue weighted by Gasteiger charge is -2.28. The first-order valence-corrected chi connectivity index (χ1v) is 11.0. The van der Waals surface area contributed by atoms with Gasteiger partial charge in [-0.1, -0.05) is 12.1 Å². The summed E-state index contributed by atoms with van der Waals surface area (Å²) in [7, 11) is 1.78. The highest BCUT2D eigenvalue weighted by Crippen LogP contribution is 2.30. The van der Waals surface area contributed by atoms with E-state index >= 15 is 0 Å². The molecule has 0 aliphatic carbocycles. The van der Waals surface area contributed by atoms with Gasteiger partial charge in [0.15, 0.2) is 0 Å². The Bertz CT molecular complexity index is 968. The minimum Gasteiger partial charge on any atom is -0.381 e. The zero-order valence-electron chi connectivity index (χ0n) is 18.1. The highest BCUT2D eigenvalue weighted by atomic mass is 16.5. The largest absolute Gasteiger partial charge is 0.381 e. The van der Waals surface area contributed by atoms with Crippen molar-refractivity contribution in [2.24, 2.45) is 5.92 Å². The standard InChI is InChI=1S/C23H27N3O6/c1-25(21(29)15-9-12-32-13-10-15)11-3-5-14-4-2-6-16-19(14)23(31)26(22(16)30)17-7-8-18(27)24-20(17)28/h2,4,6,15,17H,3,5,7-13H2,1H3,(H,24,27,28). The predicted molar refractivity (Wildman–Crippen MR) is 113 cm³/mol. The molecule has 32 heavy (non-hydrogen) atoms. The summed E-state index contributed by atoms with van der Waals surface area (Å²) in [6.45, 7) is 1.76. The molecule has 0 spiro atoms. The number of rotatable bonds is 6. The van der Waals surface area contributed by atoms with Crippen molar-refractivity contribution in [3.63, 3.8) is 0 Å². The lowest BCUT2D eigenvalue weighted by atomic mass is 9.97. The van der Waals surface area contributed by atoms with Crippen LogP contribution in [-0.2, 0) is 25.5 Å². The number of amides is 5. The van der Waals surface area contributed by atoms with Gasteiger partial charge < -0.3 is 9.64 Å². The van der Waals surface area contributed by atoms with Crippen molar-refractivity contribution in [3.05, 3.63) is 34.9 Å². The average molecular weight is 441 g/mol. The van der Waals surface area contributed by atoms with Crippen LogP contribution in [0.15, 0.2) is 18.2 Å². The van der Waals surface area contributed by atoms with Crippen LogP contribution in [-0.4, -0.2) is 72.2 Å². The molecule has 0 radical (unpaired) electrons. The van der Waals surface area contributed by atoms with E-state index in [1.807, 2.05) is 0 Å². The Morgan fingerprint density at radius 2 is 1.88 bits per heavy atom. The van der Waals surface area contributed by atoms with E-state index in [1.165, 1.54) is 0 Å². The molecule has 1 aromatic rings. The number of benzene rings is 1. The molecule has 3 heterocycles. The van der Waals surface area contributed by atoms with Crippen LogP contribution in [0.2, 0.25) is 0 Å². The molecule has 9 nitrogen and oxygen atoms in total. The number of carbonyl (C=O) groups excluding carboxylic acids is 5. The smallest absolute Gasteiger partial charge is 0.262 e. The highest BCUT2D eigenvalue weighted by molar-refractivity contribution is 6.24. The minimum absolute atomic E-state index is 0.00370. The number of aryl methyl sites for hydroxylation is 1. The van der Waals surface area contributed by atoms with Crippen LogP contribution in [0, 0.1) is 5.92 Å². The summed E-state index contributed by atoms with van der Waals surface area (Å²) in [5.74, 6) is -1.92. The first kappa shape index (κ1) is 22.1. The van der Waals surface area contributed by atoms with E-state index in [0.717, 1.165) is 23.3 Å². The predicted octanol–water partition coefficient (Wildman–Crippen LogP) is 0.905. The molecule has 3 aliphatic rings. The zero-order chi connectivity index (χ0) is 22.8. The van der Waals surface area contributed by atoms with Crippen LogP contribution in [0.5, 0.6) is 0 Å². The summed E-state index contributed by atoms with van der Waals surface area (Å²) >= 11 is 0. The van der Waals surface area contributed by atoms with Crippen LogP contribution < -0.4 is 5.32 Å². The maximum Gasteiger partial charge on any atom is 0.262 e. The monoisotopic (exact) mass is 441 g/mol. The molecule has 9 heteroatoms. The summed E-state index contributed by atoms with van der Waals surface area (Å²) in [6.07, 6.45) is 2.86. The SMILES string of the molecule is CN(CCCc1cccc2c1C(=O)N(C1CCC(=O)NC1=O)C2=O)C(=O)C1CCOCC1. The van der Waals surface area contributed by atoms with Crippen molar-refractivity contribution in [1.29, 1.82) is 0 Å². The number of piperidine rings is 1.